The molecule has 0 spiro atoms. The number of hydrogen-bond acceptors (Lipinski definition) is 36. The lowest BCUT2D eigenvalue weighted by Gasteiger charge is -2.40. The highest BCUT2D eigenvalue weighted by molar-refractivity contribution is 5.95. The summed E-state index contributed by atoms with van der Waals surface area (Å²) in [6.07, 6.45) is -26.8. The lowest BCUT2D eigenvalue weighted by molar-refractivity contribution is -0.301. The van der Waals surface area contributed by atoms with Crippen molar-refractivity contribution in [2.75, 3.05) is 129 Å². The van der Waals surface area contributed by atoms with E-state index in [-0.39, 0.29) is 172 Å². The number of hydrogen-bond donors (Lipinski definition) is 19. The van der Waals surface area contributed by atoms with Crippen molar-refractivity contribution in [1.82, 2.24) is 46.5 Å². The number of nitrogen functional groups attached to an aromatic ring is 2. The molecule has 3 unspecified atom stereocenters. The monoisotopic (exact) mass is 1520 g/mol. The Morgan fingerprint density at radius 1 is 0.509 bits per heavy atom. The highest BCUT2D eigenvalue weighted by Crippen LogP contribution is 2.30. The van der Waals surface area contributed by atoms with E-state index in [1.807, 2.05) is 4.90 Å². The van der Waals surface area contributed by atoms with Crippen LogP contribution in [-0.2, 0) is 82.6 Å². The van der Waals surface area contributed by atoms with Gasteiger partial charge in [0, 0.05) is 82.3 Å². The largest absolute Gasteiger partial charge is 0.441 e. The number of aliphatic hydroxyl groups is 9. The fourth-order valence-electron chi connectivity index (χ4n) is 11.2. The maximum Gasteiger partial charge on any atom is 0.404 e. The van der Waals surface area contributed by atoms with Crippen LogP contribution in [0.25, 0.3) is 11.2 Å². The fraction of sp³-hybridized carbons (Fsp3) is 0.677. The smallest absolute Gasteiger partial charge is 0.404 e. The lowest BCUT2D eigenvalue weighted by atomic mass is 9.83. The van der Waals surface area contributed by atoms with Crippen LogP contribution in [0, 0.1) is 0 Å². The summed E-state index contributed by atoms with van der Waals surface area (Å²) in [4.78, 5) is 121. The minimum Gasteiger partial charge on any atom is -0.441 e. The Morgan fingerprint density at radius 3 is 1.36 bits per heavy atom. The summed E-state index contributed by atoms with van der Waals surface area (Å²) in [7, 11) is 1.79. The number of rotatable bonds is 45. The van der Waals surface area contributed by atoms with Gasteiger partial charge in [-0.05, 0) is 49.9 Å². The van der Waals surface area contributed by atoms with Crippen LogP contribution in [0.1, 0.15) is 67.4 Å². The van der Waals surface area contributed by atoms with E-state index in [0.29, 0.717) is 11.4 Å². The van der Waals surface area contributed by atoms with Gasteiger partial charge in [0.15, 0.2) is 54.2 Å². The molecular weight excluding hydrogens is 1420 g/mol. The summed E-state index contributed by atoms with van der Waals surface area (Å²) in [5.74, 6) is -2.77. The van der Waals surface area contributed by atoms with Crippen LogP contribution in [0.2, 0.25) is 0 Å². The molecular formula is C62H97N15O29. The van der Waals surface area contributed by atoms with Gasteiger partial charge in [0.25, 0.3) is 5.91 Å². The van der Waals surface area contributed by atoms with Gasteiger partial charge < -0.3 is 163 Å². The predicted molar refractivity (Wildman–Crippen MR) is 359 cm³/mol. The third-order valence-corrected chi connectivity index (χ3v) is 16.7. The number of aliphatic hydroxyl groups excluding tert-OH is 9. The molecule has 3 aliphatic heterocycles. The quantitative estimate of drug-likeness (QED) is 0.0185. The summed E-state index contributed by atoms with van der Waals surface area (Å²) in [6.45, 7) is -3.13. The fourth-order valence-corrected chi connectivity index (χ4v) is 11.2. The molecule has 0 bridgehead atoms. The third kappa shape index (κ3) is 27.4. The van der Waals surface area contributed by atoms with E-state index in [1.54, 1.807) is 31.3 Å². The first-order valence-electron chi connectivity index (χ1n) is 33.8. The first-order valence-corrected chi connectivity index (χ1v) is 33.8. The van der Waals surface area contributed by atoms with Gasteiger partial charge in [-0.25, -0.2) is 24.4 Å². The van der Waals surface area contributed by atoms with Gasteiger partial charge in [0.05, 0.1) is 91.1 Å². The number of ether oxygens (including phenoxy) is 12. The number of benzene rings is 1. The summed E-state index contributed by atoms with van der Waals surface area (Å²) < 4.78 is 64.0. The molecule has 3 saturated heterocycles. The SMILES string of the molecule is CN(Cc1cnc2nc(N)nc(N)c2n1)c1ccc(C(=O)NCCC(=O)NC(CCC(=O)NCCOCCCOC2O[C@H](CO)[C@@H](O)[C@H](OC(N)=O)[C@@H]2O)(CCC(=O)NCCOCCOC2O[C@H](CO)[C@@H](O)[C@H](OC(N)=O)[C@@H]2O)CCC(=O)NCCOCCOC2O[C@H](CO)[C@@H](O)[C@H](OC(N)=O)[C@@H]2O)cc1. The number of nitrogens with one attached hydrogen (secondary N) is 5. The first kappa shape index (κ1) is 86.4. The van der Waals surface area contributed by atoms with Gasteiger partial charge in [0.1, 0.15) is 54.9 Å². The molecule has 0 aliphatic carbocycles. The Morgan fingerprint density at radius 2 is 0.934 bits per heavy atom. The molecule has 44 heteroatoms. The highest BCUT2D eigenvalue weighted by Gasteiger charge is 2.50. The molecule has 3 fully saturated rings. The van der Waals surface area contributed by atoms with Gasteiger partial charge in [-0.1, -0.05) is 0 Å². The normalized spacial score (nSPS) is 24.9. The van der Waals surface area contributed by atoms with Crippen LogP contribution in [-0.4, -0.2) is 324 Å². The van der Waals surface area contributed by atoms with Crippen molar-refractivity contribution in [2.45, 2.75) is 156 Å². The average molecular weight is 1520 g/mol. The number of amides is 8. The van der Waals surface area contributed by atoms with E-state index in [1.165, 1.54) is 6.20 Å². The number of primary amides is 3. The Kier molecular flexibility index (Phi) is 35.8. The molecule has 24 N–H and O–H groups in total. The van der Waals surface area contributed by atoms with Crippen LogP contribution in [0.4, 0.5) is 31.8 Å². The van der Waals surface area contributed by atoms with Gasteiger partial charge in [-0.3, -0.25) is 24.0 Å². The molecule has 15 atom stereocenters. The topological polar surface area (TPSA) is 674 Å². The number of anilines is 3. The average Bonchev–Trinajstić information content (AvgIpc) is 0.822. The Bertz CT molecular complexity index is 3210. The van der Waals surface area contributed by atoms with Crippen LogP contribution < -0.4 is 60.2 Å². The maximum absolute atomic E-state index is 14.2. The van der Waals surface area contributed by atoms with Crippen molar-refractivity contribution in [1.29, 1.82) is 0 Å². The number of nitrogens with two attached hydrogens (primary N) is 5. The van der Waals surface area contributed by atoms with Gasteiger partial charge in [-0.15, -0.1) is 0 Å². The minimum absolute atomic E-state index is 0.0137. The van der Waals surface area contributed by atoms with E-state index in [0.717, 1.165) is 0 Å². The summed E-state index contributed by atoms with van der Waals surface area (Å²) in [6, 6.07) is 6.55. The molecule has 3 aromatic rings. The molecule has 594 valence electrons. The zero-order valence-corrected chi connectivity index (χ0v) is 58.0. The van der Waals surface area contributed by atoms with E-state index in [4.69, 9.17) is 85.5 Å². The van der Waals surface area contributed by atoms with Crippen molar-refractivity contribution < 1.29 is 141 Å². The number of nitrogens with zero attached hydrogens (tertiary/aromatic N) is 5. The second-order valence-corrected chi connectivity index (χ2v) is 24.4. The molecule has 6 rings (SSSR count). The maximum atomic E-state index is 14.2. The molecule has 106 heavy (non-hydrogen) atoms. The number of carbonyl (C=O) groups is 8. The highest BCUT2D eigenvalue weighted by atomic mass is 16.7. The number of aromatic nitrogens is 4. The van der Waals surface area contributed by atoms with Crippen molar-refractivity contribution in [3.05, 3.63) is 41.7 Å². The lowest BCUT2D eigenvalue weighted by Crippen LogP contribution is -2.60. The van der Waals surface area contributed by atoms with E-state index < -0.39 is 165 Å². The van der Waals surface area contributed by atoms with Gasteiger partial charge in [-0.2, -0.15) is 9.97 Å². The van der Waals surface area contributed by atoms with Gasteiger partial charge in [0.2, 0.25) is 29.6 Å². The van der Waals surface area contributed by atoms with Crippen LogP contribution >= 0.6 is 0 Å². The second-order valence-electron chi connectivity index (χ2n) is 24.4. The number of carbonyl (C=O) groups excluding carboxylic acids is 8. The van der Waals surface area contributed by atoms with E-state index in [2.05, 4.69) is 46.5 Å². The second kappa shape index (κ2) is 43.9. The molecule has 2 aromatic heterocycles. The van der Waals surface area contributed by atoms with Crippen LogP contribution in [0.5, 0.6) is 0 Å². The summed E-state index contributed by atoms with van der Waals surface area (Å²) in [5, 5.41) is 106. The summed E-state index contributed by atoms with van der Waals surface area (Å²) in [5.41, 5.74) is 27.4. The molecule has 3 aliphatic rings. The van der Waals surface area contributed by atoms with E-state index >= 15 is 0 Å². The Labute approximate surface area is 605 Å². The molecule has 44 nitrogen and oxygen atoms in total. The molecule has 1 aromatic carbocycles. The molecule has 5 heterocycles. The zero-order chi connectivity index (χ0) is 77.5. The van der Waals surface area contributed by atoms with Crippen molar-refractivity contribution >= 4 is 76.4 Å². The van der Waals surface area contributed by atoms with Crippen molar-refractivity contribution in [3.8, 4) is 0 Å². The first-order chi connectivity index (χ1) is 50.7. The predicted octanol–water partition coefficient (Wildman–Crippen LogP) is -7.92. The Hall–Kier alpha value is -8.52. The van der Waals surface area contributed by atoms with Crippen LogP contribution in [0.3, 0.4) is 0 Å². The van der Waals surface area contributed by atoms with Gasteiger partial charge >= 0.3 is 18.3 Å². The zero-order valence-electron chi connectivity index (χ0n) is 58.0. The molecule has 0 radical (unpaired) electrons. The number of fused-ring (bicyclic) bond motifs is 1. The van der Waals surface area contributed by atoms with Crippen molar-refractivity contribution in [3.63, 3.8) is 0 Å². The van der Waals surface area contributed by atoms with E-state index in [9.17, 15) is 84.3 Å². The van der Waals surface area contributed by atoms with Crippen molar-refractivity contribution in [2.24, 2.45) is 17.2 Å². The Balaban J connectivity index is 1.07. The molecule has 8 amide bonds. The third-order valence-electron chi connectivity index (χ3n) is 16.7. The van der Waals surface area contributed by atoms with Crippen LogP contribution in [0.15, 0.2) is 30.5 Å². The minimum atomic E-state index is -1.71. The summed E-state index contributed by atoms with van der Waals surface area (Å²) >= 11 is 0. The standard InChI is InChI=1S/C62H97N15O29/c1-77(28-33-27-72-53-42(73-33)52(63)74-58(64)75-53)34-5-3-32(4-6-34)54(91)71-14-10-41(84)76-62(12-8-39(82)69-16-21-96-23-25-99-56-47(89)50(105-60(66)93)44(86)36(30-79)102-56,13-9-40(83)70-17-22-97-24-26-100-57-48(90)51(106-61(67)94)45(87)37(31-80)103-57)11-7-38(81)68-15-20-95-18-2-19-98-55-46(88)49(104-59(65)92)43(85)35(29-78)101-55/h3-6,27,35-37,43-51,55-57,78-80,85-90H,2,7-26,28-31H2,1H3,(H2,65,92)(H2,66,93)(H2,67,94)(H,68,81)(H,69,82)(H,70,83)(H,71,91)(H,76,84)(H4,63,64,72,74,75)/t35-,36-,37-,43-,44-,45-,46+,47+,48+,49+,50+,51+,55?,56?,57?,62?/m1/s1. The molecule has 0 saturated carbocycles.